The van der Waals surface area contributed by atoms with Crippen molar-refractivity contribution in [3.05, 3.63) is 16.5 Å². The molecule has 1 N–H and O–H groups in total. The van der Waals surface area contributed by atoms with Gasteiger partial charge in [-0.25, -0.2) is 9.97 Å². The SMILES string of the molecule is Cc1nc(Cl)c(C)c(NC(C)C2CCCC2)n1. The number of hydrogen-bond acceptors (Lipinski definition) is 3. The maximum atomic E-state index is 6.07. The number of aromatic nitrogens is 2. The summed E-state index contributed by atoms with van der Waals surface area (Å²) in [5.74, 6) is 2.38. The summed E-state index contributed by atoms with van der Waals surface area (Å²) in [4.78, 5) is 8.59. The van der Waals surface area contributed by atoms with Crippen LogP contribution in [-0.2, 0) is 0 Å². The van der Waals surface area contributed by atoms with E-state index < -0.39 is 0 Å². The lowest BCUT2D eigenvalue weighted by Gasteiger charge is -2.22. The topological polar surface area (TPSA) is 37.8 Å². The number of halogens is 1. The first-order valence-corrected chi connectivity index (χ1v) is 6.73. The number of hydrogen-bond donors (Lipinski definition) is 1. The number of rotatable bonds is 3. The minimum absolute atomic E-state index is 0.460. The fourth-order valence-electron chi connectivity index (χ4n) is 2.53. The van der Waals surface area contributed by atoms with Crippen LogP contribution in [0.25, 0.3) is 0 Å². The molecule has 0 aliphatic heterocycles. The fourth-order valence-corrected chi connectivity index (χ4v) is 2.74. The summed E-state index contributed by atoms with van der Waals surface area (Å²) in [6, 6.07) is 0.460. The molecule has 1 aliphatic carbocycles. The number of nitrogens with zero attached hydrogens (tertiary/aromatic N) is 2. The molecule has 94 valence electrons. The van der Waals surface area contributed by atoms with Gasteiger partial charge in [0.1, 0.15) is 16.8 Å². The second-order valence-electron chi connectivity index (χ2n) is 5.01. The van der Waals surface area contributed by atoms with E-state index in [-0.39, 0.29) is 0 Å². The van der Waals surface area contributed by atoms with E-state index in [0.717, 1.165) is 23.1 Å². The van der Waals surface area contributed by atoms with Crippen molar-refractivity contribution < 1.29 is 0 Å². The first-order valence-electron chi connectivity index (χ1n) is 6.35. The number of aryl methyl sites for hydroxylation is 1. The van der Waals surface area contributed by atoms with E-state index in [2.05, 4.69) is 22.2 Å². The van der Waals surface area contributed by atoms with Gasteiger partial charge in [-0.1, -0.05) is 24.4 Å². The molecule has 17 heavy (non-hydrogen) atoms. The minimum Gasteiger partial charge on any atom is -0.367 e. The lowest BCUT2D eigenvalue weighted by atomic mass is 10.00. The van der Waals surface area contributed by atoms with Crippen molar-refractivity contribution >= 4 is 17.4 Å². The van der Waals surface area contributed by atoms with Crippen LogP contribution in [0.4, 0.5) is 5.82 Å². The summed E-state index contributed by atoms with van der Waals surface area (Å²) in [5, 5.41) is 4.05. The van der Waals surface area contributed by atoms with Crippen molar-refractivity contribution in [2.45, 2.75) is 52.5 Å². The molecule has 2 rings (SSSR count). The van der Waals surface area contributed by atoms with Gasteiger partial charge in [-0.05, 0) is 39.5 Å². The monoisotopic (exact) mass is 253 g/mol. The third-order valence-corrected chi connectivity index (χ3v) is 4.04. The third-order valence-electron chi connectivity index (χ3n) is 3.67. The van der Waals surface area contributed by atoms with E-state index in [0.29, 0.717) is 11.2 Å². The highest BCUT2D eigenvalue weighted by Crippen LogP contribution is 2.30. The zero-order chi connectivity index (χ0) is 12.4. The second-order valence-corrected chi connectivity index (χ2v) is 5.37. The Morgan fingerprint density at radius 1 is 1.24 bits per heavy atom. The van der Waals surface area contributed by atoms with Crippen molar-refractivity contribution in [2.24, 2.45) is 5.92 Å². The molecule has 1 aliphatic rings. The lowest BCUT2D eigenvalue weighted by molar-refractivity contribution is 0.480. The molecule has 1 unspecified atom stereocenters. The van der Waals surface area contributed by atoms with E-state index in [1.165, 1.54) is 25.7 Å². The highest BCUT2D eigenvalue weighted by molar-refractivity contribution is 6.30. The zero-order valence-electron chi connectivity index (χ0n) is 10.8. The van der Waals surface area contributed by atoms with Crippen molar-refractivity contribution in [2.75, 3.05) is 5.32 Å². The Kier molecular flexibility index (Phi) is 3.87. The van der Waals surface area contributed by atoms with Gasteiger partial charge in [0.2, 0.25) is 0 Å². The highest BCUT2D eigenvalue weighted by Gasteiger charge is 2.22. The Balaban J connectivity index is 2.12. The molecule has 3 nitrogen and oxygen atoms in total. The quantitative estimate of drug-likeness (QED) is 0.834. The summed E-state index contributed by atoms with van der Waals surface area (Å²) in [5.41, 5.74) is 0.946. The Morgan fingerprint density at radius 2 is 1.88 bits per heavy atom. The lowest BCUT2D eigenvalue weighted by Crippen LogP contribution is -2.25. The van der Waals surface area contributed by atoms with Gasteiger partial charge in [0.25, 0.3) is 0 Å². The molecule has 1 aromatic rings. The first kappa shape index (κ1) is 12.6. The average molecular weight is 254 g/mol. The molecular weight excluding hydrogens is 234 g/mol. The molecule has 1 atom stereocenters. The Hall–Kier alpha value is -0.830. The molecule has 0 amide bonds. The number of anilines is 1. The smallest absolute Gasteiger partial charge is 0.137 e. The van der Waals surface area contributed by atoms with Crippen LogP contribution >= 0.6 is 11.6 Å². The second kappa shape index (κ2) is 5.21. The van der Waals surface area contributed by atoms with E-state index in [4.69, 9.17) is 11.6 Å². The number of nitrogens with one attached hydrogen (secondary N) is 1. The molecule has 0 aromatic carbocycles. The van der Waals surface area contributed by atoms with Crippen LogP contribution in [0, 0.1) is 19.8 Å². The van der Waals surface area contributed by atoms with Crippen LogP contribution in [0.3, 0.4) is 0 Å². The molecule has 0 saturated heterocycles. The highest BCUT2D eigenvalue weighted by atomic mass is 35.5. The van der Waals surface area contributed by atoms with E-state index in [1.807, 2.05) is 13.8 Å². The normalized spacial score (nSPS) is 18.4. The first-order chi connectivity index (χ1) is 8.08. The Labute approximate surface area is 108 Å². The molecular formula is C13H20ClN3. The predicted molar refractivity (Wildman–Crippen MR) is 71.6 cm³/mol. The Bertz CT molecular complexity index is 400. The third kappa shape index (κ3) is 2.89. The van der Waals surface area contributed by atoms with Crippen LogP contribution in [0.15, 0.2) is 0 Å². The summed E-state index contributed by atoms with van der Waals surface area (Å²) < 4.78 is 0. The maximum absolute atomic E-state index is 6.07. The molecule has 0 radical (unpaired) electrons. The summed E-state index contributed by atoms with van der Waals surface area (Å²) in [6.45, 7) is 6.07. The fraction of sp³-hybridized carbons (Fsp3) is 0.692. The van der Waals surface area contributed by atoms with Gasteiger partial charge >= 0.3 is 0 Å². The summed E-state index contributed by atoms with van der Waals surface area (Å²) >= 11 is 6.07. The van der Waals surface area contributed by atoms with Crippen LogP contribution in [0.1, 0.15) is 44.0 Å². The largest absolute Gasteiger partial charge is 0.367 e. The zero-order valence-corrected chi connectivity index (χ0v) is 11.5. The van der Waals surface area contributed by atoms with Crippen molar-refractivity contribution in [3.8, 4) is 0 Å². The average Bonchev–Trinajstić information content (AvgIpc) is 2.78. The molecule has 1 aromatic heterocycles. The van der Waals surface area contributed by atoms with Gasteiger partial charge in [-0.15, -0.1) is 0 Å². The van der Waals surface area contributed by atoms with E-state index in [1.54, 1.807) is 0 Å². The molecule has 4 heteroatoms. The summed E-state index contributed by atoms with van der Waals surface area (Å²) in [6.07, 6.45) is 5.37. The van der Waals surface area contributed by atoms with E-state index >= 15 is 0 Å². The van der Waals surface area contributed by atoms with Crippen LogP contribution in [0.5, 0.6) is 0 Å². The van der Waals surface area contributed by atoms with Gasteiger partial charge in [-0.2, -0.15) is 0 Å². The molecule has 0 spiro atoms. The van der Waals surface area contributed by atoms with Crippen LogP contribution in [0.2, 0.25) is 5.15 Å². The summed E-state index contributed by atoms with van der Waals surface area (Å²) in [7, 11) is 0. The van der Waals surface area contributed by atoms with E-state index in [9.17, 15) is 0 Å². The van der Waals surface area contributed by atoms with Crippen molar-refractivity contribution in [3.63, 3.8) is 0 Å². The van der Waals surface area contributed by atoms with Gasteiger partial charge < -0.3 is 5.32 Å². The maximum Gasteiger partial charge on any atom is 0.137 e. The van der Waals surface area contributed by atoms with Crippen molar-refractivity contribution in [1.29, 1.82) is 0 Å². The van der Waals surface area contributed by atoms with Gasteiger partial charge in [-0.3, -0.25) is 0 Å². The molecule has 0 bridgehead atoms. The van der Waals surface area contributed by atoms with Gasteiger partial charge in [0.05, 0.1) is 0 Å². The molecule has 1 heterocycles. The molecule has 1 saturated carbocycles. The van der Waals surface area contributed by atoms with Crippen LogP contribution in [-0.4, -0.2) is 16.0 Å². The minimum atomic E-state index is 0.460. The van der Waals surface area contributed by atoms with Crippen LogP contribution < -0.4 is 5.32 Å². The van der Waals surface area contributed by atoms with Gasteiger partial charge in [0, 0.05) is 11.6 Å². The molecule has 1 fully saturated rings. The van der Waals surface area contributed by atoms with Crippen molar-refractivity contribution in [1.82, 2.24) is 9.97 Å². The van der Waals surface area contributed by atoms with Gasteiger partial charge in [0.15, 0.2) is 0 Å². The predicted octanol–water partition coefficient (Wildman–Crippen LogP) is 3.74. The standard InChI is InChI=1S/C13H20ClN3/c1-8-12(14)16-10(3)17-13(8)15-9(2)11-6-4-5-7-11/h9,11H,4-7H2,1-3H3,(H,15,16,17). The Morgan fingerprint density at radius 3 is 2.53 bits per heavy atom.